The van der Waals surface area contributed by atoms with Crippen molar-refractivity contribution in [3.63, 3.8) is 0 Å². The first-order chi connectivity index (χ1) is 21.3. The summed E-state index contributed by atoms with van der Waals surface area (Å²) in [5, 5.41) is 13.8. The average Bonchev–Trinajstić information content (AvgIpc) is 3.44. The Morgan fingerprint density at radius 3 is 1.98 bits per heavy atom. The second kappa shape index (κ2) is 9.43. The predicted molar refractivity (Wildman–Crippen MR) is 182 cm³/mol. The number of para-hydroxylation sites is 1. The highest BCUT2D eigenvalue weighted by atomic mass is 15.2. The number of allylic oxidation sites excluding steroid dienone is 1. The maximum atomic E-state index is 5.41. The van der Waals surface area contributed by atoms with Crippen molar-refractivity contribution in [1.82, 2.24) is 9.88 Å². The lowest BCUT2D eigenvalue weighted by Gasteiger charge is -2.25. The summed E-state index contributed by atoms with van der Waals surface area (Å²) in [5.41, 5.74) is 5.67. The van der Waals surface area contributed by atoms with Crippen LogP contribution in [0.2, 0.25) is 0 Å². The Hall–Kier alpha value is -5.67. The van der Waals surface area contributed by atoms with Crippen LogP contribution in [-0.4, -0.2) is 10.4 Å². The van der Waals surface area contributed by atoms with Gasteiger partial charge in [0.15, 0.2) is 0 Å². The highest BCUT2D eigenvalue weighted by molar-refractivity contribution is 6.38. The molecule has 2 heterocycles. The number of nitrogens with zero attached hydrogens (tertiary/aromatic N) is 2. The summed E-state index contributed by atoms with van der Waals surface area (Å²) in [6.45, 7) is 0. The average molecular weight is 550 g/mol. The minimum atomic E-state index is -0.222. The molecular formula is C40H27N3. The molecule has 8 aromatic rings. The third-order valence-electron chi connectivity index (χ3n) is 8.78. The van der Waals surface area contributed by atoms with E-state index in [1.54, 1.807) is 0 Å². The summed E-state index contributed by atoms with van der Waals surface area (Å²) in [6, 6.07) is 52.0. The fraction of sp³-hybridized carbons (Fsp3) is 0.0250. The van der Waals surface area contributed by atoms with Crippen molar-refractivity contribution in [2.45, 2.75) is 6.17 Å². The second-order valence-corrected chi connectivity index (χ2v) is 11.2. The maximum Gasteiger partial charge on any atom is 0.147 e. The van der Waals surface area contributed by atoms with Crippen molar-refractivity contribution in [3.05, 3.63) is 163 Å². The third-order valence-corrected chi connectivity index (χ3v) is 8.78. The van der Waals surface area contributed by atoms with E-state index in [4.69, 9.17) is 4.99 Å². The van der Waals surface area contributed by atoms with Crippen molar-refractivity contribution in [2.75, 3.05) is 0 Å². The first-order valence-corrected chi connectivity index (χ1v) is 14.8. The fourth-order valence-electron chi connectivity index (χ4n) is 6.90. The molecule has 9 rings (SSSR count). The van der Waals surface area contributed by atoms with Crippen molar-refractivity contribution < 1.29 is 0 Å². The Morgan fingerprint density at radius 2 is 1.16 bits per heavy atom. The van der Waals surface area contributed by atoms with Crippen LogP contribution in [0.25, 0.3) is 59.8 Å². The van der Waals surface area contributed by atoms with Gasteiger partial charge in [-0.15, -0.1) is 0 Å². The van der Waals surface area contributed by atoms with Gasteiger partial charge in [-0.1, -0.05) is 140 Å². The molecule has 1 aliphatic heterocycles. The van der Waals surface area contributed by atoms with Crippen LogP contribution in [0, 0.1) is 0 Å². The van der Waals surface area contributed by atoms with Gasteiger partial charge in [0.1, 0.15) is 12.0 Å². The molecule has 7 aromatic carbocycles. The number of aromatic nitrogens is 1. The molecule has 0 saturated heterocycles. The summed E-state index contributed by atoms with van der Waals surface area (Å²) >= 11 is 0. The van der Waals surface area contributed by atoms with E-state index in [1.165, 1.54) is 48.6 Å². The van der Waals surface area contributed by atoms with Crippen LogP contribution >= 0.6 is 0 Å². The molecule has 0 aliphatic carbocycles. The van der Waals surface area contributed by atoms with Gasteiger partial charge < -0.3 is 5.32 Å². The van der Waals surface area contributed by atoms with E-state index in [-0.39, 0.29) is 6.17 Å². The fourth-order valence-corrected chi connectivity index (χ4v) is 6.90. The molecule has 0 fully saturated rings. The smallest absolute Gasteiger partial charge is 0.147 e. The van der Waals surface area contributed by atoms with Gasteiger partial charge in [-0.3, -0.25) is 4.57 Å². The Labute approximate surface area is 249 Å². The number of hydrogen-bond acceptors (Lipinski definition) is 2. The largest absolute Gasteiger partial charge is 0.359 e. The molecule has 3 nitrogen and oxygen atoms in total. The molecule has 0 amide bonds. The normalized spacial score (nSPS) is 15.2. The van der Waals surface area contributed by atoms with E-state index in [0.717, 1.165) is 28.2 Å². The Kier molecular flexibility index (Phi) is 5.26. The van der Waals surface area contributed by atoms with Crippen LogP contribution in [0.1, 0.15) is 17.3 Å². The number of benzene rings is 7. The molecule has 43 heavy (non-hydrogen) atoms. The molecule has 0 saturated carbocycles. The summed E-state index contributed by atoms with van der Waals surface area (Å²) in [6.07, 6.45) is 1.99. The Balaban J connectivity index is 1.47. The van der Waals surface area contributed by atoms with E-state index in [1.807, 2.05) is 0 Å². The van der Waals surface area contributed by atoms with Gasteiger partial charge in [0.25, 0.3) is 0 Å². The number of hydrogen-bond donors (Lipinski definition) is 1. The lowest BCUT2D eigenvalue weighted by molar-refractivity contribution is 0.660. The zero-order valence-electron chi connectivity index (χ0n) is 23.4. The zero-order chi connectivity index (χ0) is 28.3. The molecular weight excluding hydrogens is 522 g/mol. The van der Waals surface area contributed by atoms with Crippen molar-refractivity contribution in [3.8, 4) is 0 Å². The Bertz CT molecular complexity index is 2410. The molecule has 0 bridgehead atoms. The summed E-state index contributed by atoms with van der Waals surface area (Å²) in [7, 11) is 0. The van der Waals surface area contributed by atoms with Crippen LogP contribution in [0.4, 0.5) is 0 Å². The molecule has 1 unspecified atom stereocenters. The molecule has 0 spiro atoms. The van der Waals surface area contributed by atoms with Gasteiger partial charge in [0.05, 0.1) is 11.0 Å². The van der Waals surface area contributed by atoms with Crippen molar-refractivity contribution >= 4 is 65.7 Å². The van der Waals surface area contributed by atoms with Gasteiger partial charge in [-0.2, -0.15) is 0 Å². The monoisotopic (exact) mass is 549 g/mol. The first kappa shape index (κ1) is 24.0. The van der Waals surface area contributed by atoms with Crippen molar-refractivity contribution in [2.24, 2.45) is 4.99 Å². The first-order valence-electron chi connectivity index (χ1n) is 14.8. The van der Waals surface area contributed by atoms with Crippen LogP contribution < -0.4 is 5.32 Å². The molecule has 1 aliphatic rings. The van der Waals surface area contributed by atoms with Crippen LogP contribution in [-0.2, 0) is 0 Å². The van der Waals surface area contributed by atoms with E-state index in [0.29, 0.717) is 0 Å². The van der Waals surface area contributed by atoms with Crippen LogP contribution in [0.5, 0.6) is 0 Å². The quantitative estimate of drug-likeness (QED) is 0.214. The molecule has 202 valence electrons. The number of aliphatic imine (C=N–C) groups is 1. The number of rotatable bonds is 2. The number of nitrogens with one attached hydrogen (secondary N) is 1. The minimum Gasteiger partial charge on any atom is -0.359 e. The van der Waals surface area contributed by atoms with Gasteiger partial charge in [0, 0.05) is 33.3 Å². The van der Waals surface area contributed by atoms with E-state index < -0.39 is 0 Å². The van der Waals surface area contributed by atoms with Gasteiger partial charge in [-0.25, -0.2) is 4.99 Å². The third kappa shape index (κ3) is 3.65. The summed E-state index contributed by atoms with van der Waals surface area (Å²) in [4.78, 5) is 5.41. The summed E-state index contributed by atoms with van der Waals surface area (Å²) in [5.74, 6) is 0.919. The molecule has 1 aromatic heterocycles. The minimum absolute atomic E-state index is 0.222. The van der Waals surface area contributed by atoms with Gasteiger partial charge >= 0.3 is 0 Å². The maximum absolute atomic E-state index is 5.41. The molecule has 1 N–H and O–H groups in total. The standard InChI is InChI=1S/C40H27N3/c1-3-14-27(15-4-1)34-25-36(42-40(41-34)28-16-5-2-6-17-28)43-35-22-12-11-21-33(35)38-37-29-18-8-7-13-26(29)23-24-31(37)30-19-9-10-20-32(30)39(38)43/h1-25,40-41H. The van der Waals surface area contributed by atoms with Crippen LogP contribution in [0.15, 0.2) is 157 Å². The zero-order valence-corrected chi connectivity index (χ0v) is 23.4. The highest BCUT2D eigenvalue weighted by Crippen LogP contribution is 2.44. The van der Waals surface area contributed by atoms with E-state index in [9.17, 15) is 0 Å². The Morgan fingerprint density at radius 1 is 0.512 bits per heavy atom. The van der Waals surface area contributed by atoms with Crippen molar-refractivity contribution in [1.29, 1.82) is 0 Å². The molecule has 0 radical (unpaired) electrons. The lowest BCUT2D eigenvalue weighted by Crippen LogP contribution is -2.27. The summed E-state index contributed by atoms with van der Waals surface area (Å²) < 4.78 is 2.40. The topological polar surface area (TPSA) is 29.3 Å². The van der Waals surface area contributed by atoms with Gasteiger partial charge in [0.2, 0.25) is 0 Å². The second-order valence-electron chi connectivity index (χ2n) is 11.2. The molecule has 3 heteroatoms. The highest BCUT2D eigenvalue weighted by Gasteiger charge is 2.25. The van der Waals surface area contributed by atoms with Gasteiger partial charge in [-0.05, 0) is 38.7 Å². The SMILES string of the molecule is C1=C(c2ccccc2)NC(c2ccccc2)N=C1n1c2ccccc2c2c3c4ccccc4ccc3c3ccccc3c21. The van der Waals surface area contributed by atoms with Crippen LogP contribution in [0.3, 0.4) is 0 Å². The van der Waals surface area contributed by atoms with E-state index >= 15 is 0 Å². The predicted octanol–water partition coefficient (Wildman–Crippen LogP) is 9.84. The number of fused-ring (bicyclic) bond motifs is 10. The molecule has 1 atom stereocenters. The lowest BCUT2D eigenvalue weighted by atomic mass is 9.93. The van der Waals surface area contributed by atoms with E-state index in [2.05, 4.69) is 162 Å².